The molecule has 0 aromatic carbocycles. The molecule has 86 valence electrons. The second-order valence-electron chi connectivity index (χ2n) is 3.55. The number of carbonyl (C=O) groups is 2. The minimum Gasteiger partial charge on any atom is -0.463 e. The van der Waals surface area contributed by atoms with E-state index in [1.807, 2.05) is 0 Å². The number of hydrogen-bond donors (Lipinski definition) is 1. The normalized spacial score (nSPS) is 13.1. The highest BCUT2D eigenvalue weighted by Gasteiger charge is 2.14. The van der Waals surface area contributed by atoms with Crippen LogP contribution in [0, 0.1) is 0 Å². The van der Waals surface area contributed by atoms with Gasteiger partial charge in [-0.05, 0) is 20.8 Å². The van der Waals surface area contributed by atoms with Crippen molar-refractivity contribution < 1.29 is 19.4 Å². The predicted molar refractivity (Wildman–Crippen MR) is 56.3 cm³/mol. The average Bonchev–Trinajstić information content (AvgIpc) is 2.00. The van der Waals surface area contributed by atoms with Gasteiger partial charge in [0.05, 0.1) is 12.2 Å². The SMILES string of the molecule is C/C=C/[C@@H](O)CC(=O)CC(=O)OC(C)C. The van der Waals surface area contributed by atoms with Crippen LogP contribution in [0.4, 0.5) is 0 Å². The largest absolute Gasteiger partial charge is 0.463 e. The first-order valence-corrected chi connectivity index (χ1v) is 4.97. The van der Waals surface area contributed by atoms with Crippen LogP contribution in [0.2, 0.25) is 0 Å². The number of hydrogen-bond acceptors (Lipinski definition) is 4. The third-order valence-corrected chi connectivity index (χ3v) is 1.56. The Morgan fingerprint density at radius 2 is 2.00 bits per heavy atom. The number of rotatable bonds is 6. The topological polar surface area (TPSA) is 63.6 Å². The summed E-state index contributed by atoms with van der Waals surface area (Å²) in [6.45, 7) is 5.19. The zero-order valence-electron chi connectivity index (χ0n) is 9.40. The number of carbonyl (C=O) groups excluding carboxylic acids is 2. The second-order valence-corrected chi connectivity index (χ2v) is 3.55. The fourth-order valence-electron chi connectivity index (χ4n) is 1.06. The van der Waals surface area contributed by atoms with E-state index in [2.05, 4.69) is 0 Å². The average molecular weight is 214 g/mol. The smallest absolute Gasteiger partial charge is 0.313 e. The summed E-state index contributed by atoms with van der Waals surface area (Å²) in [5.74, 6) is -0.853. The lowest BCUT2D eigenvalue weighted by Crippen LogP contribution is -2.18. The van der Waals surface area contributed by atoms with Gasteiger partial charge < -0.3 is 9.84 Å². The molecule has 0 aliphatic heterocycles. The van der Waals surface area contributed by atoms with Crippen molar-refractivity contribution in [2.75, 3.05) is 0 Å². The predicted octanol–water partition coefficient (Wildman–Crippen LogP) is 1.22. The number of aliphatic hydroxyl groups is 1. The van der Waals surface area contributed by atoms with Crippen LogP contribution in [-0.4, -0.2) is 29.1 Å². The van der Waals surface area contributed by atoms with Crippen LogP contribution >= 0.6 is 0 Å². The molecule has 0 radical (unpaired) electrons. The zero-order valence-corrected chi connectivity index (χ0v) is 9.40. The van der Waals surface area contributed by atoms with Crippen molar-refractivity contribution in [3.63, 3.8) is 0 Å². The molecule has 0 amide bonds. The van der Waals surface area contributed by atoms with E-state index in [4.69, 9.17) is 4.74 Å². The Hall–Kier alpha value is -1.16. The van der Waals surface area contributed by atoms with Gasteiger partial charge in [0.15, 0.2) is 0 Å². The lowest BCUT2D eigenvalue weighted by molar-refractivity contribution is -0.149. The summed E-state index contributed by atoms with van der Waals surface area (Å²) in [4.78, 5) is 22.3. The van der Waals surface area contributed by atoms with Gasteiger partial charge in [-0.15, -0.1) is 0 Å². The molecule has 0 fully saturated rings. The highest BCUT2D eigenvalue weighted by atomic mass is 16.5. The summed E-state index contributed by atoms with van der Waals surface area (Å²) in [7, 11) is 0. The maximum atomic E-state index is 11.2. The molecular formula is C11H18O4. The Morgan fingerprint density at radius 1 is 1.40 bits per heavy atom. The number of allylic oxidation sites excluding steroid dienone is 1. The number of aliphatic hydroxyl groups excluding tert-OH is 1. The molecule has 0 saturated heterocycles. The highest BCUT2D eigenvalue weighted by Crippen LogP contribution is 2.01. The van der Waals surface area contributed by atoms with E-state index < -0.39 is 12.1 Å². The van der Waals surface area contributed by atoms with Gasteiger partial charge in [0.1, 0.15) is 12.2 Å². The van der Waals surface area contributed by atoms with Gasteiger partial charge in [0.2, 0.25) is 0 Å². The molecule has 15 heavy (non-hydrogen) atoms. The molecule has 0 spiro atoms. The van der Waals surface area contributed by atoms with Gasteiger partial charge in [-0.1, -0.05) is 12.2 Å². The van der Waals surface area contributed by atoms with Gasteiger partial charge in [0.25, 0.3) is 0 Å². The van der Waals surface area contributed by atoms with Crippen molar-refractivity contribution in [1.82, 2.24) is 0 Å². The van der Waals surface area contributed by atoms with Crippen LogP contribution in [0.5, 0.6) is 0 Å². The van der Waals surface area contributed by atoms with Crippen LogP contribution in [0.25, 0.3) is 0 Å². The van der Waals surface area contributed by atoms with Crippen molar-refractivity contribution in [2.45, 2.75) is 45.8 Å². The fourth-order valence-corrected chi connectivity index (χ4v) is 1.06. The van der Waals surface area contributed by atoms with Crippen LogP contribution in [-0.2, 0) is 14.3 Å². The van der Waals surface area contributed by atoms with E-state index in [1.165, 1.54) is 6.08 Å². The molecule has 0 aromatic heterocycles. The third kappa shape index (κ3) is 7.88. The van der Waals surface area contributed by atoms with Gasteiger partial charge >= 0.3 is 5.97 Å². The van der Waals surface area contributed by atoms with Crippen LogP contribution < -0.4 is 0 Å². The molecule has 0 heterocycles. The van der Waals surface area contributed by atoms with E-state index in [1.54, 1.807) is 26.8 Å². The first-order chi connectivity index (χ1) is 6.95. The molecule has 4 nitrogen and oxygen atoms in total. The molecule has 1 atom stereocenters. The standard InChI is InChI=1S/C11H18O4/c1-4-5-9(12)6-10(13)7-11(14)15-8(2)3/h4-5,8-9,12H,6-7H2,1-3H3/b5-4+/t9-/m1/s1. The third-order valence-electron chi connectivity index (χ3n) is 1.56. The molecule has 1 N–H and O–H groups in total. The number of ether oxygens (including phenoxy) is 1. The summed E-state index contributed by atoms with van der Waals surface area (Å²) < 4.78 is 4.80. The first kappa shape index (κ1) is 13.8. The summed E-state index contributed by atoms with van der Waals surface area (Å²) in [5, 5.41) is 9.25. The van der Waals surface area contributed by atoms with Crippen LogP contribution in [0.15, 0.2) is 12.2 Å². The van der Waals surface area contributed by atoms with Crippen molar-refractivity contribution in [1.29, 1.82) is 0 Å². The van der Waals surface area contributed by atoms with Crippen LogP contribution in [0.3, 0.4) is 0 Å². The molecule has 0 aromatic rings. The Kier molecular flexibility index (Phi) is 6.62. The molecule has 0 saturated carbocycles. The van der Waals surface area contributed by atoms with E-state index in [0.717, 1.165) is 0 Å². The van der Waals surface area contributed by atoms with Crippen molar-refractivity contribution in [3.8, 4) is 0 Å². The summed E-state index contributed by atoms with van der Waals surface area (Å²) in [6, 6.07) is 0. The molecule has 4 heteroatoms. The van der Waals surface area contributed by atoms with Gasteiger partial charge in [-0.2, -0.15) is 0 Å². The monoisotopic (exact) mass is 214 g/mol. The lowest BCUT2D eigenvalue weighted by Gasteiger charge is -2.08. The maximum Gasteiger partial charge on any atom is 0.313 e. The Balaban J connectivity index is 3.88. The Morgan fingerprint density at radius 3 is 2.47 bits per heavy atom. The van der Waals surface area contributed by atoms with Gasteiger partial charge in [-0.25, -0.2) is 0 Å². The number of esters is 1. The molecule has 0 bridgehead atoms. The second kappa shape index (κ2) is 7.17. The minimum absolute atomic E-state index is 0.0441. The molecular weight excluding hydrogens is 196 g/mol. The van der Waals surface area contributed by atoms with Crippen molar-refractivity contribution in [2.24, 2.45) is 0 Å². The molecule has 0 unspecified atom stereocenters. The molecule has 0 rings (SSSR count). The van der Waals surface area contributed by atoms with E-state index in [9.17, 15) is 14.7 Å². The number of Topliss-reactive ketones (excluding diaryl/α,β-unsaturated/α-hetero) is 1. The minimum atomic E-state index is -0.811. The molecule has 0 aliphatic rings. The lowest BCUT2D eigenvalue weighted by atomic mass is 10.1. The quantitative estimate of drug-likeness (QED) is 0.410. The first-order valence-electron chi connectivity index (χ1n) is 4.97. The van der Waals surface area contributed by atoms with Crippen molar-refractivity contribution >= 4 is 11.8 Å². The zero-order chi connectivity index (χ0) is 11.8. The summed E-state index contributed by atoms with van der Waals surface area (Å²) >= 11 is 0. The maximum absolute atomic E-state index is 11.2. The fraction of sp³-hybridized carbons (Fsp3) is 0.636. The number of ketones is 1. The van der Waals surface area contributed by atoms with E-state index in [0.29, 0.717) is 0 Å². The highest BCUT2D eigenvalue weighted by molar-refractivity contribution is 5.95. The van der Waals surface area contributed by atoms with Gasteiger partial charge in [0, 0.05) is 6.42 Å². The van der Waals surface area contributed by atoms with E-state index in [-0.39, 0.29) is 24.7 Å². The van der Waals surface area contributed by atoms with Crippen LogP contribution in [0.1, 0.15) is 33.6 Å². The van der Waals surface area contributed by atoms with Gasteiger partial charge in [-0.3, -0.25) is 9.59 Å². The van der Waals surface area contributed by atoms with Crippen molar-refractivity contribution in [3.05, 3.63) is 12.2 Å². The summed E-state index contributed by atoms with van der Waals surface area (Å²) in [6.07, 6.45) is 1.82. The Labute approximate surface area is 89.9 Å². The van der Waals surface area contributed by atoms with E-state index >= 15 is 0 Å². The molecule has 0 aliphatic carbocycles. The Bertz CT molecular complexity index is 243. The summed E-state index contributed by atoms with van der Waals surface area (Å²) in [5.41, 5.74) is 0.